The summed E-state index contributed by atoms with van der Waals surface area (Å²) in [4.78, 5) is 33.5. The molecule has 1 aromatic carbocycles. The van der Waals surface area contributed by atoms with Crippen LogP contribution in [0.2, 0.25) is 0 Å². The van der Waals surface area contributed by atoms with Gasteiger partial charge in [-0.05, 0) is 12.0 Å². The number of piperidine rings is 1. The molecule has 1 aromatic rings. The zero-order valence-electron chi connectivity index (χ0n) is 10.1. The van der Waals surface area contributed by atoms with Crippen molar-refractivity contribution in [2.75, 3.05) is 0 Å². The number of nitrogens with one attached hydrogen (secondary N) is 1. The first-order valence-electron chi connectivity index (χ1n) is 5.72. The van der Waals surface area contributed by atoms with Crippen molar-refractivity contribution in [2.24, 2.45) is 5.92 Å². The van der Waals surface area contributed by atoms with E-state index in [0.717, 1.165) is 0 Å². The van der Waals surface area contributed by atoms with E-state index in [0.29, 0.717) is 11.3 Å². The maximum Gasteiger partial charge on any atom is 0.269 e. The number of nitrogens with zero attached hydrogens (tertiary/aromatic N) is 1. The number of nitro groups is 1. The summed E-state index contributed by atoms with van der Waals surface area (Å²) in [6.07, 6.45) is 0.388. The zero-order valence-corrected chi connectivity index (χ0v) is 10.1. The Balaban J connectivity index is 2.12. The molecule has 6 nitrogen and oxygen atoms in total. The summed E-state index contributed by atoms with van der Waals surface area (Å²) in [5.74, 6) is -1.28. The summed E-state index contributed by atoms with van der Waals surface area (Å²) >= 11 is 0. The highest BCUT2D eigenvalue weighted by atomic mass is 16.6. The molecule has 1 heterocycles. The summed E-state index contributed by atoms with van der Waals surface area (Å²) in [6.45, 7) is 3.56. The van der Waals surface area contributed by atoms with E-state index in [9.17, 15) is 19.7 Å². The van der Waals surface area contributed by atoms with Gasteiger partial charge < -0.3 is 5.32 Å². The lowest BCUT2D eigenvalue weighted by molar-refractivity contribution is -0.384. The summed E-state index contributed by atoms with van der Waals surface area (Å²) < 4.78 is 0. The first-order chi connectivity index (χ1) is 8.97. The van der Waals surface area contributed by atoms with Crippen molar-refractivity contribution in [1.82, 2.24) is 5.32 Å². The van der Waals surface area contributed by atoms with E-state index in [1.807, 2.05) is 0 Å². The fourth-order valence-corrected chi connectivity index (χ4v) is 1.98. The molecule has 1 fully saturated rings. The van der Waals surface area contributed by atoms with Gasteiger partial charge in [0, 0.05) is 24.3 Å². The second-order valence-corrected chi connectivity index (χ2v) is 4.42. The number of ketones is 1. The van der Waals surface area contributed by atoms with Gasteiger partial charge in [-0.2, -0.15) is 0 Å². The Bertz CT molecular complexity index is 543. The van der Waals surface area contributed by atoms with Crippen LogP contribution in [0.4, 0.5) is 5.69 Å². The molecule has 0 spiro atoms. The van der Waals surface area contributed by atoms with Crippen molar-refractivity contribution in [2.45, 2.75) is 12.8 Å². The Kier molecular flexibility index (Phi) is 3.41. The lowest BCUT2D eigenvalue weighted by Crippen LogP contribution is -2.41. The van der Waals surface area contributed by atoms with Crippen LogP contribution in [0.25, 0.3) is 0 Å². The Hall–Kier alpha value is -2.50. The zero-order chi connectivity index (χ0) is 14.0. The van der Waals surface area contributed by atoms with Crippen LogP contribution in [0.15, 0.2) is 36.5 Å². The van der Waals surface area contributed by atoms with Crippen molar-refractivity contribution in [3.8, 4) is 0 Å². The highest BCUT2D eigenvalue weighted by Crippen LogP contribution is 2.20. The quantitative estimate of drug-likeness (QED) is 0.504. The molecule has 6 heteroatoms. The number of rotatable bonds is 3. The van der Waals surface area contributed by atoms with Crippen LogP contribution in [0.1, 0.15) is 12.0 Å². The Morgan fingerprint density at radius 1 is 1.32 bits per heavy atom. The fourth-order valence-electron chi connectivity index (χ4n) is 1.98. The Labute approximate surface area is 109 Å². The van der Waals surface area contributed by atoms with E-state index >= 15 is 0 Å². The molecule has 2 rings (SSSR count). The minimum atomic E-state index is -0.744. The highest BCUT2D eigenvalue weighted by Gasteiger charge is 2.31. The number of nitro benzene ring substituents is 1. The molecule has 1 atom stereocenters. The minimum absolute atomic E-state index is 0.0171. The number of carbonyl (C=O) groups excluding carboxylic acids is 2. The second kappa shape index (κ2) is 5.01. The van der Waals surface area contributed by atoms with Gasteiger partial charge in [-0.25, -0.2) is 0 Å². The van der Waals surface area contributed by atoms with Gasteiger partial charge in [0.1, 0.15) is 5.92 Å². The number of benzene rings is 1. The molecule has 1 unspecified atom stereocenters. The predicted molar refractivity (Wildman–Crippen MR) is 67.2 cm³/mol. The Morgan fingerprint density at radius 3 is 2.47 bits per heavy atom. The molecular weight excluding hydrogens is 248 g/mol. The molecular formula is C13H12N2O4. The lowest BCUT2D eigenvalue weighted by Gasteiger charge is -2.22. The first kappa shape index (κ1) is 12.9. The van der Waals surface area contributed by atoms with Crippen molar-refractivity contribution in [1.29, 1.82) is 0 Å². The monoisotopic (exact) mass is 260 g/mol. The van der Waals surface area contributed by atoms with Gasteiger partial charge in [0.25, 0.3) is 5.69 Å². The lowest BCUT2D eigenvalue weighted by atomic mass is 9.89. The van der Waals surface area contributed by atoms with Crippen molar-refractivity contribution in [3.63, 3.8) is 0 Å². The molecule has 0 radical (unpaired) electrons. The van der Waals surface area contributed by atoms with Crippen molar-refractivity contribution >= 4 is 17.4 Å². The standard InChI is InChI=1S/C13H12N2O4/c1-8-6-12(16)11(13(17)14-8)7-9-2-4-10(5-3-9)15(18)19/h2-5,11H,1,6-7H2,(H,14,17). The van der Waals surface area contributed by atoms with Gasteiger partial charge in [-0.3, -0.25) is 19.7 Å². The maximum atomic E-state index is 11.8. The number of Topliss-reactive ketones (excluding diaryl/α,β-unsaturated/α-hetero) is 1. The van der Waals surface area contributed by atoms with Crippen molar-refractivity contribution in [3.05, 3.63) is 52.2 Å². The summed E-state index contributed by atoms with van der Waals surface area (Å²) in [5, 5.41) is 13.1. The van der Waals surface area contributed by atoms with Crippen LogP contribution in [-0.4, -0.2) is 16.6 Å². The number of non-ortho nitro benzene ring substituents is 1. The molecule has 0 bridgehead atoms. The number of amides is 1. The molecule has 1 aliphatic rings. The molecule has 1 aliphatic heterocycles. The molecule has 98 valence electrons. The topological polar surface area (TPSA) is 89.3 Å². The van der Waals surface area contributed by atoms with Crippen LogP contribution in [0.5, 0.6) is 0 Å². The molecule has 1 saturated heterocycles. The van der Waals surface area contributed by atoms with E-state index in [1.165, 1.54) is 12.1 Å². The van der Waals surface area contributed by atoms with Gasteiger partial charge >= 0.3 is 0 Å². The second-order valence-electron chi connectivity index (χ2n) is 4.42. The van der Waals surface area contributed by atoms with Crippen LogP contribution in [0.3, 0.4) is 0 Å². The van der Waals surface area contributed by atoms with Crippen molar-refractivity contribution < 1.29 is 14.5 Å². The number of hydrogen-bond acceptors (Lipinski definition) is 4. The number of allylic oxidation sites excluding steroid dienone is 1. The third-order valence-corrected chi connectivity index (χ3v) is 2.98. The van der Waals surface area contributed by atoms with Gasteiger partial charge in [0.2, 0.25) is 5.91 Å². The Morgan fingerprint density at radius 2 is 1.95 bits per heavy atom. The fraction of sp³-hybridized carbons (Fsp3) is 0.231. The largest absolute Gasteiger partial charge is 0.329 e. The van der Waals surface area contributed by atoms with E-state index in [-0.39, 0.29) is 30.2 Å². The summed E-state index contributed by atoms with van der Waals surface area (Å²) in [5.41, 5.74) is 1.11. The van der Waals surface area contributed by atoms with Crippen LogP contribution >= 0.6 is 0 Å². The van der Waals surface area contributed by atoms with Gasteiger partial charge in [-0.1, -0.05) is 18.7 Å². The normalized spacial score (nSPS) is 19.2. The van der Waals surface area contributed by atoms with Gasteiger partial charge in [-0.15, -0.1) is 0 Å². The number of carbonyl (C=O) groups is 2. The summed E-state index contributed by atoms with van der Waals surface area (Å²) in [7, 11) is 0. The molecule has 19 heavy (non-hydrogen) atoms. The highest BCUT2D eigenvalue weighted by molar-refractivity contribution is 6.05. The summed E-state index contributed by atoms with van der Waals surface area (Å²) in [6, 6.07) is 5.84. The number of hydrogen-bond donors (Lipinski definition) is 1. The van der Waals surface area contributed by atoms with E-state index in [4.69, 9.17) is 0 Å². The predicted octanol–water partition coefficient (Wildman–Crippen LogP) is 1.36. The van der Waals surface area contributed by atoms with Gasteiger partial charge in [0.05, 0.1) is 4.92 Å². The maximum absolute atomic E-state index is 11.8. The molecule has 1 amide bonds. The SMILES string of the molecule is C=C1CC(=O)C(Cc2ccc([N+](=O)[O-])cc2)C(=O)N1. The molecule has 0 saturated carbocycles. The van der Waals surface area contributed by atoms with E-state index < -0.39 is 10.8 Å². The van der Waals surface area contributed by atoms with E-state index in [2.05, 4.69) is 11.9 Å². The average Bonchev–Trinajstić information content (AvgIpc) is 2.34. The van der Waals surface area contributed by atoms with Crippen LogP contribution < -0.4 is 5.32 Å². The molecule has 0 aliphatic carbocycles. The first-order valence-corrected chi connectivity index (χ1v) is 5.72. The van der Waals surface area contributed by atoms with E-state index in [1.54, 1.807) is 12.1 Å². The average molecular weight is 260 g/mol. The molecule has 1 N–H and O–H groups in total. The van der Waals surface area contributed by atoms with Crippen LogP contribution in [-0.2, 0) is 16.0 Å². The smallest absolute Gasteiger partial charge is 0.269 e. The van der Waals surface area contributed by atoms with Crippen LogP contribution in [0, 0.1) is 16.0 Å². The molecule has 0 aromatic heterocycles. The van der Waals surface area contributed by atoms with Gasteiger partial charge in [0.15, 0.2) is 5.78 Å². The third-order valence-electron chi connectivity index (χ3n) is 2.98. The third kappa shape index (κ3) is 2.85. The minimum Gasteiger partial charge on any atom is -0.329 e.